The van der Waals surface area contributed by atoms with Gasteiger partial charge >= 0.3 is 0 Å². The van der Waals surface area contributed by atoms with E-state index >= 15 is 0 Å². The van der Waals surface area contributed by atoms with Crippen LogP contribution in [-0.2, 0) is 0 Å². The fraction of sp³-hybridized carbons (Fsp3) is 1.00. The van der Waals surface area contributed by atoms with E-state index in [9.17, 15) is 0 Å². The third kappa shape index (κ3) is 1.84. The summed E-state index contributed by atoms with van der Waals surface area (Å²) < 4.78 is 0. The Morgan fingerprint density at radius 1 is 1.33 bits per heavy atom. The quantitative estimate of drug-likeness (QED) is 0.575. The third-order valence-electron chi connectivity index (χ3n) is 4.01. The molecule has 1 fully saturated rings. The lowest BCUT2D eigenvalue weighted by atomic mass is 9.87. The monoisotopic (exact) mass is 168 g/mol. The van der Waals surface area contributed by atoms with Crippen molar-refractivity contribution < 1.29 is 0 Å². The van der Waals surface area contributed by atoms with Crippen molar-refractivity contribution in [2.75, 3.05) is 0 Å². The summed E-state index contributed by atoms with van der Waals surface area (Å²) in [6.45, 7) is 9.44. The van der Waals surface area contributed by atoms with Crippen molar-refractivity contribution in [1.82, 2.24) is 0 Å². The van der Waals surface area contributed by atoms with Crippen LogP contribution in [0.3, 0.4) is 0 Å². The first-order chi connectivity index (χ1) is 5.68. The van der Waals surface area contributed by atoms with Crippen molar-refractivity contribution in [3.63, 3.8) is 0 Å². The molecule has 12 heavy (non-hydrogen) atoms. The molecular weight excluding hydrogens is 144 g/mol. The molecule has 72 valence electrons. The van der Waals surface area contributed by atoms with Crippen molar-refractivity contribution in [3.05, 3.63) is 0 Å². The molecule has 0 aromatic heterocycles. The standard InChI is InChI=1S/C12H24/c1-5-10(4)8-12(7-3)9-11(12)6-2/h10-11H,5-9H2,1-4H3. The topological polar surface area (TPSA) is 0 Å². The molecule has 0 aromatic rings. The molecule has 1 aliphatic rings. The van der Waals surface area contributed by atoms with E-state index in [-0.39, 0.29) is 0 Å². The first kappa shape index (κ1) is 10.1. The van der Waals surface area contributed by atoms with Crippen LogP contribution >= 0.6 is 0 Å². The summed E-state index contributed by atoms with van der Waals surface area (Å²) in [7, 11) is 0. The largest absolute Gasteiger partial charge is 0.0651 e. The average molecular weight is 168 g/mol. The maximum Gasteiger partial charge on any atom is -0.0266 e. The molecule has 0 nitrogen and oxygen atoms in total. The Morgan fingerprint density at radius 2 is 2.00 bits per heavy atom. The zero-order valence-electron chi connectivity index (χ0n) is 9.19. The summed E-state index contributed by atoms with van der Waals surface area (Å²) in [5, 5.41) is 0. The van der Waals surface area contributed by atoms with Crippen LogP contribution in [0.15, 0.2) is 0 Å². The van der Waals surface area contributed by atoms with Gasteiger partial charge in [0.05, 0.1) is 0 Å². The summed E-state index contributed by atoms with van der Waals surface area (Å²) in [6, 6.07) is 0. The first-order valence-electron chi connectivity index (χ1n) is 5.68. The molecule has 0 heteroatoms. The van der Waals surface area contributed by atoms with Crippen molar-refractivity contribution in [2.45, 2.75) is 59.8 Å². The molecule has 0 aliphatic heterocycles. The Balaban J connectivity index is 2.38. The van der Waals surface area contributed by atoms with Crippen LogP contribution in [0.25, 0.3) is 0 Å². The smallest absolute Gasteiger partial charge is 0.0266 e. The molecule has 3 atom stereocenters. The molecule has 0 N–H and O–H groups in total. The van der Waals surface area contributed by atoms with Gasteiger partial charge in [0.1, 0.15) is 0 Å². The average Bonchev–Trinajstić information content (AvgIpc) is 2.79. The highest BCUT2D eigenvalue weighted by Gasteiger charge is 2.50. The fourth-order valence-corrected chi connectivity index (χ4v) is 2.67. The SMILES string of the molecule is CCC(C)CC1(CC)CC1CC. The van der Waals surface area contributed by atoms with Gasteiger partial charge in [0.15, 0.2) is 0 Å². The van der Waals surface area contributed by atoms with Crippen LogP contribution in [0.5, 0.6) is 0 Å². The molecular formula is C12H24. The summed E-state index contributed by atoms with van der Waals surface area (Å²) in [4.78, 5) is 0. The van der Waals surface area contributed by atoms with Crippen LogP contribution in [0, 0.1) is 17.3 Å². The highest BCUT2D eigenvalue weighted by Crippen LogP contribution is 2.60. The summed E-state index contributed by atoms with van der Waals surface area (Å²) >= 11 is 0. The van der Waals surface area contributed by atoms with E-state index in [1.54, 1.807) is 0 Å². The number of hydrogen-bond acceptors (Lipinski definition) is 0. The number of hydrogen-bond donors (Lipinski definition) is 0. The molecule has 0 spiro atoms. The van der Waals surface area contributed by atoms with Gasteiger partial charge in [-0.15, -0.1) is 0 Å². The molecule has 0 radical (unpaired) electrons. The maximum atomic E-state index is 2.41. The molecule has 0 aromatic carbocycles. The highest BCUT2D eigenvalue weighted by atomic mass is 14.6. The second kappa shape index (κ2) is 3.81. The summed E-state index contributed by atoms with van der Waals surface area (Å²) in [6.07, 6.45) is 7.18. The minimum atomic E-state index is 0.782. The second-order valence-corrected chi connectivity index (χ2v) is 4.74. The van der Waals surface area contributed by atoms with Gasteiger partial charge < -0.3 is 0 Å². The molecule has 3 unspecified atom stereocenters. The van der Waals surface area contributed by atoms with E-state index in [1.807, 2.05) is 0 Å². The van der Waals surface area contributed by atoms with Gasteiger partial charge in [-0.25, -0.2) is 0 Å². The van der Waals surface area contributed by atoms with E-state index in [0.29, 0.717) is 0 Å². The van der Waals surface area contributed by atoms with Crippen LogP contribution in [0.4, 0.5) is 0 Å². The van der Waals surface area contributed by atoms with Crippen molar-refractivity contribution >= 4 is 0 Å². The van der Waals surface area contributed by atoms with Crippen LogP contribution in [0.2, 0.25) is 0 Å². The molecule has 0 heterocycles. The van der Waals surface area contributed by atoms with E-state index < -0.39 is 0 Å². The lowest BCUT2D eigenvalue weighted by Crippen LogP contribution is -2.08. The van der Waals surface area contributed by atoms with Gasteiger partial charge in [0, 0.05) is 0 Å². The van der Waals surface area contributed by atoms with Gasteiger partial charge in [-0.3, -0.25) is 0 Å². The van der Waals surface area contributed by atoms with Crippen molar-refractivity contribution in [1.29, 1.82) is 0 Å². The van der Waals surface area contributed by atoms with Crippen molar-refractivity contribution in [3.8, 4) is 0 Å². The van der Waals surface area contributed by atoms with Crippen LogP contribution in [-0.4, -0.2) is 0 Å². The molecule has 1 aliphatic carbocycles. The van der Waals surface area contributed by atoms with Gasteiger partial charge in [0.25, 0.3) is 0 Å². The predicted molar refractivity (Wildman–Crippen MR) is 55.2 cm³/mol. The Kier molecular flexibility index (Phi) is 3.20. The summed E-state index contributed by atoms with van der Waals surface area (Å²) in [5.41, 5.74) is 0.782. The van der Waals surface area contributed by atoms with E-state index in [4.69, 9.17) is 0 Å². The third-order valence-corrected chi connectivity index (χ3v) is 4.01. The molecule has 0 bridgehead atoms. The lowest BCUT2D eigenvalue weighted by Gasteiger charge is -2.18. The molecule has 0 saturated heterocycles. The minimum absolute atomic E-state index is 0.782. The lowest BCUT2D eigenvalue weighted by molar-refractivity contribution is 0.322. The predicted octanol–water partition coefficient (Wildman–Crippen LogP) is 4.25. The number of rotatable bonds is 5. The van der Waals surface area contributed by atoms with Crippen molar-refractivity contribution in [2.24, 2.45) is 17.3 Å². The van der Waals surface area contributed by atoms with E-state index in [0.717, 1.165) is 17.3 Å². The second-order valence-electron chi connectivity index (χ2n) is 4.74. The van der Waals surface area contributed by atoms with E-state index in [2.05, 4.69) is 27.7 Å². The first-order valence-corrected chi connectivity index (χ1v) is 5.68. The summed E-state index contributed by atoms with van der Waals surface area (Å²) in [5.74, 6) is 2.01. The van der Waals surface area contributed by atoms with Gasteiger partial charge in [-0.1, -0.05) is 47.0 Å². The van der Waals surface area contributed by atoms with Crippen LogP contribution in [0.1, 0.15) is 59.8 Å². The Bertz CT molecular complexity index is 139. The Labute approximate surface area is 77.7 Å². The molecule has 1 saturated carbocycles. The Hall–Kier alpha value is 0. The Morgan fingerprint density at radius 3 is 2.33 bits per heavy atom. The molecule has 0 amide bonds. The normalized spacial score (nSPS) is 36.5. The van der Waals surface area contributed by atoms with Gasteiger partial charge in [-0.05, 0) is 30.1 Å². The van der Waals surface area contributed by atoms with Gasteiger partial charge in [0.2, 0.25) is 0 Å². The molecule has 1 rings (SSSR count). The fourth-order valence-electron chi connectivity index (χ4n) is 2.67. The zero-order chi connectivity index (χ0) is 9.19. The highest BCUT2D eigenvalue weighted by molar-refractivity contribution is 5.00. The van der Waals surface area contributed by atoms with E-state index in [1.165, 1.54) is 32.1 Å². The van der Waals surface area contributed by atoms with Gasteiger partial charge in [-0.2, -0.15) is 0 Å². The van der Waals surface area contributed by atoms with Crippen LogP contribution < -0.4 is 0 Å². The minimum Gasteiger partial charge on any atom is -0.0651 e. The zero-order valence-corrected chi connectivity index (χ0v) is 9.19. The maximum absolute atomic E-state index is 2.41.